The quantitative estimate of drug-likeness (QED) is 0.269. The van der Waals surface area contributed by atoms with E-state index in [0.29, 0.717) is 6.42 Å². The van der Waals surface area contributed by atoms with Gasteiger partial charge >= 0.3 is 0 Å². The van der Waals surface area contributed by atoms with Crippen LogP contribution in [0.25, 0.3) is 0 Å². The summed E-state index contributed by atoms with van der Waals surface area (Å²) in [4.78, 5) is 11.5. The van der Waals surface area contributed by atoms with E-state index in [1.165, 1.54) is 70.6 Å². The molecule has 0 aliphatic rings. The Labute approximate surface area is 137 Å². The standard InChI is InChI=1S/C18H37NOS/c1-3-5-7-8-9-10-11-12-13-15-17-21-19-18(20)16-14-6-4-2/h3-17H2,1-2H3,(H,19,20). The number of rotatable bonds is 16. The summed E-state index contributed by atoms with van der Waals surface area (Å²) >= 11 is 1.60. The Balaban J connectivity index is 3.06. The van der Waals surface area contributed by atoms with Crippen LogP contribution in [0.1, 0.15) is 104 Å². The van der Waals surface area contributed by atoms with Gasteiger partial charge in [-0.2, -0.15) is 0 Å². The van der Waals surface area contributed by atoms with Gasteiger partial charge in [0.2, 0.25) is 5.91 Å². The molecule has 126 valence electrons. The van der Waals surface area contributed by atoms with Gasteiger partial charge in [0.05, 0.1) is 0 Å². The molecule has 3 heteroatoms. The van der Waals surface area contributed by atoms with E-state index in [2.05, 4.69) is 18.6 Å². The van der Waals surface area contributed by atoms with Crippen molar-refractivity contribution in [3.63, 3.8) is 0 Å². The van der Waals surface area contributed by atoms with Crippen molar-refractivity contribution in [3.05, 3.63) is 0 Å². The summed E-state index contributed by atoms with van der Waals surface area (Å²) in [5.41, 5.74) is 0. The van der Waals surface area contributed by atoms with E-state index in [4.69, 9.17) is 0 Å². The fourth-order valence-corrected chi connectivity index (χ4v) is 3.09. The maximum absolute atomic E-state index is 11.5. The molecule has 0 aliphatic heterocycles. The first-order valence-corrected chi connectivity index (χ1v) is 10.2. The summed E-state index contributed by atoms with van der Waals surface area (Å²) in [5.74, 6) is 1.27. The number of unbranched alkanes of at least 4 members (excludes halogenated alkanes) is 11. The first kappa shape index (κ1) is 20.8. The van der Waals surface area contributed by atoms with Gasteiger partial charge in [-0.1, -0.05) is 96.4 Å². The number of hydrogen-bond donors (Lipinski definition) is 1. The van der Waals surface area contributed by atoms with Crippen LogP contribution in [-0.4, -0.2) is 11.7 Å². The molecule has 1 N–H and O–H groups in total. The van der Waals surface area contributed by atoms with Crippen molar-refractivity contribution >= 4 is 17.9 Å². The molecule has 0 saturated heterocycles. The minimum Gasteiger partial charge on any atom is -0.300 e. The summed E-state index contributed by atoms with van der Waals surface area (Å²) in [6, 6.07) is 0. The van der Waals surface area contributed by atoms with Crippen molar-refractivity contribution < 1.29 is 4.79 Å². The third kappa shape index (κ3) is 17.8. The first-order chi connectivity index (χ1) is 10.3. The van der Waals surface area contributed by atoms with Crippen molar-refractivity contribution in [1.82, 2.24) is 4.72 Å². The van der Waals surface area contributed by atoms with E-state index < -0.39 is 0 Å². The first-order valence-electron chi connectivity index (χ1n) is 9.21. The highest BCUT2D eigenvalue weighted by Crippen LogP contribution is 2.11. The summed E-state index contributed by atoms with van der Waals surface area (Å²) in [6.45, 7) is 4.43. The highest BCUT2D eigenvalue weighted by Gasteiger charge is 2.00. The average molecular weight is 316 g/mol. The summed E-state index contributed by atoms with van der Waals surface area (Å²) in [7, 11) is 0. The van der Waals surface area contributed by atoms with Gasteiger partial charge in [-0.25, -0.2) is 0 Å². The van der Waals surface area contributed by atoms with E-state index in [1.54, 1.807) is 11.9 Å². The van der Waals surface area contributed by atoms with Gasteiger partial charge in [-0.3, -0.25) is 4.79 Å². The highest BCUT2D eigenvalue weighted by molar-refractivity contribution is 7.97. The molecule has 21 heavy (non-hydrogen) atoms. The fourth-order valence-electron chi connectivity index (χ4n) is 2.38. The van der Waals surface area contributed by atoms with Crippen molar-refractivity contribution in [2.45, 2.75) is 104 Å². The van der Waals surface area contributed by atoms with Crippen LogP contribution in [0, 0.1) is 0 Å². The molecular weight excluding hydrogens is 278 g/mol. The minimum atomic E-state index is 0.209. The van der Waals surface area contributed by atoms with E-state index in [1.807, 2.05) is 0 Å². The second-order valence-electron chi connectivity index (χ2n) is 6.01. The number of carbonyl (C=O) groups is 1. The third-order valence-corrected chi connectivity index (χ3v) is 4.66. The van der Waals surface area contributed by atoms with Gasteiger partial charge in [0.25, 0.3) is 0 Å². The average Bonchev–Trinajstić information content (AvgIpc) is 2.48. The molecule has 0 aromatic rings. The van der Waals surface area contributed by atoms with Gasteiger partial charge in [-0.05, 0) is 12.8 Å². The Morgan fingerprint density at radius 3 is 1.76 bits per heavy atom. The van der Waals surface area contributed by atoms with Crippen LogP contribution in [0.15, 0.2) is 0 Å². The predicted octanol–water partition coefficient (Wildman–Crippen LogP) is 6.25. The zero-order valence-electron chi connectivity index (χ0n) is 14.4. The lowest BCUT2D eigenvalue weighted by Crippen LogP contribution is -2.15. The maximum Gasteiger partial charge on any atom is 0.229 e. The van der Waals surface area contributed by atoms with E-state index in [-0.39, 0.29) is 5.91 Å². The van der Waals surface area contributed by atoms with Gasteiger partial charge in [0, 0.05) is 12.2 Å². The highest BCUT2D eigenvalue weighted by atomic mass is 32.2. The van der Waals surface area contributed by atoms with Crippen LogP contribution in [0.2, 0.25) is 0 Å². The number of nitrogens with one attached hydrogen (secondary N) is 1. The largest absolute Gasteiger partial charge is 0.300 e. The molecule has 0 bridgehead atoms. The lowest BCUT2D eigenvalue weighted by Gasteiger charge is -2.04. The van der Waals surface area contributed by atoms with Crippen molar-refractivity contribution in [2.75, 3.05) is 5.75 Å². The maximum atomic E-state index is 11.5. The molecule has 0 spiro atoms. The van der Waals surface area contributed by atoms with Crippen molar-refractivity contribution in [3.8, 4) is 0 Å². The molecule has 0 atom stereocenters. The Bertz CT molecular complexity index is 221. The second-order valence-corrected chi connectivity index (χ2v) is 6.91. The topological polar surface area (TPSA) is 29.1 Å². The monoisotopic (exact) mass is 315 g/mol. The Morgan fingerprint density at radius 2 is 1.19 bits per heavy atom. The minimum absolute atomic E-state index is 0.209. The Morgan fingerprint density at radius 1 is 0.714 bits per heavy atom. The molecule has 0 radical (unpaired) electrons. The molecule has 0 aliphatic carbocycles. The number of hydrogen-bond acceptors (Lipinski definition) is 2. The van der Waals surface area contributed by atoms with Gasteiger partial charge < -0.3 is 4.72 Å². The van der Waals surface area contributed by atoms with Gasteiger partial charge in [0.1, 0.15) is 0 Å². The van der Waals surface area contributed by atoms with Crippen molar-refractivity contribution in [2.24, 2.45) is 0 Å². The van der Waals surface area contributed by atoms with E-state index in [0.717, 1.165) is 18.6 Å². The molecule has 0 heterocycles. The molecular formula is C18H37NOS. The number of carbonyl (C=O) groups excluding carboxylic acids is 1. The molecule has 1 amide bonds. The molecule has 0 fully saturated rings. The van der Waals surface area contributed by atoms with Crippen LogP contribution in [0.3, 0.4) is 0 Å². The zero-order chi connectivity index (χ0) is 15.6. The second kappa shape index (κ2) is 17.9. The molecule has 0 aromatic heterocycles. The van der Waals surface area contributed by atoms with Crippen LogP contribution in [-0.2, 0) is 4.79 Å². The normalized spacial score (nSPS) is 10.8. The summed E-state index contributed by atoms with van der Waals surface area (Å²) in [6.07, 6.45) is 17.8. The van der Waals surface area contributed by atoms with Gasteiger partial charge in [0.15, 0.2) is 0 Å². The fraction of sp³-hybridized carbons (Fsp3) is 0.944. The van der Waals surface area contributed by atoms with E-state index in [9.17, 15) is 4.79 Å². The van der Waals surface area contributed by atoms with Crippen LogP contribution < -0.4 is 4.72 Å². The Kier molecular flexibility index (Phi) is 17.7. The van der Waals surface area contributed by atoms with Gasteiger partial charge in [-0.15, -0.1) is 0 Å². The molecule has 2 nitrogen and oxygen atoms in total. The Hall–Kier alpha value is -0.180. The molecule has 0 rings (SSSR count). The van der Waals surface area contributed by atoms with Crippen LogP contribution in [0.4, 0.5) is 0 Å². The van der Waals surface area contributed by atoms with Crippen LogP contribution in [0.5, 0.6) is 0 Å². The zero-order valence-corrected chi connectivity index (χ0v) is 15.2. The lowest BCUT2D eigenvalue weighted by molar-refractivity contribution is -0.119. The van der Waals surface area contributed by atoms with Crippen LogP contribution >= 0.6 is 11.9 Å². The predicted molar refractivity (Wildman–Crippen MR) is 96.6 cm³/mol. The molecule has 0 saturated carbocycles. The smallest absolute Gasteiger partial charge is 0.229 e. The lowest BCUT2D eigenvalue weighted by atomic mass is 10.1. The molecule has 0 aromatic carbocycles. The number of amides is 1. The third-order valence-electron chi connectivity index (χ3n) is 3.79. The van der Waals surface area contributed by atoms with Crippen molar-refractivity contribution in [1.29, 1.82) is 0 Å². The molecule has 0 unspecified atom stereocenters. The van der Waals surface area contributed by atoms with E-state index >= 15 is 0 Å². The summed E-state index contributed by atoms with van der Waals surface area (Å²) in [5, 5.41) is 0. The SMILES string of the molecule is CCCCCCCCCCCCSNC(=O)CCCCC. The summed E-state index contributed by atoms with van der Waals surface area (Å²) < 4.78 is 2.95.